The second kappa shape index (κ2) is 4.57. The molecule has 0 atom stereocenters. The summed E-state index contributed by atoms with van der Waals surface area (Å²) < 4.78 is 0. The number of hydrogen-bond donors (Lipinski definition) is 0. The summed E-state index contributed by atoms with van der Waals surface area (Å²) in [6.45, 7) is 3.58. The van der Waals surface area contributed by atoms with Gasteiger partial charge in [-0.25, -0.2) is 0 Å². The monoisotopic (exact) mass is 231 g/mol. The Balaban J connectivity index is 3.06. The summed E-state index contributed by atoms with van der Waals surface area (Å²) in [6.07, 6.45) is 1.54. The Morgan fingerprint density at radius 3 is 2.71 bits per heavy atom. The lowest BCUT2D eigenvalue weighted by Crippen LogP contribution is -2.04. The van der Waals surface area contributed by atoms with Crippen LogP contribution in [0.15, 0.2) is 17.1 Å². The molecule has 1 aromatic rings. The highest BCUT2D eigenvalue weighted by atomic mass is 35.5. The fraction of sp³-hybridized carbons (Fsp3) is 0.333. The van der Waals surface area contributed by atoms with Crippen LogP contribution in [0.1, 0.15) is 18.7 Å². The van der Waals surface area contributed by atoms with Crippen LogP contribution in [0.4, 0.5) is 0 Å². The van der Waals surface area contributed by atoms with Crippen LogP contribution < -0.4 is 0 Å². The summed E-state index contributed by atoms with van der Waals surface area (Å²) in [5, 5.41) is 13.1. The van der Waals surface area contributed by atoms with E-state index in [0.717, 1.165) is 4.88 Å². The summed E-state index contributed by atoms with van der Waals surface area (Å²) in [6, 6.07) is 1.73. The van der Waals surface area contributed by atoms with Crippen LogP contribution in [0.2, 0.25) is 5.02 Å². The molecule has 5 heteroatoms. The number of hydrogen-bond acceptors (Lipinski definition) is 3. The molecule has 0 N–H and O–H groups in total. The first-order chi connectivity index (χ1) is 6.52. The van der Waals surface area contributed by atoms with Gasteiger partial charge >= 0.3 is 0 Å². The minimum absolute atomic E-state index is 0.108. The van der Waals surface area contributed by atoms with E-state index < -0.39 is 0 Å². The molecule has 0 saturated heterocycles. The van der Waals surface area contributed by atoms with Crippen molar-refractivity contribution in [1.82, 2.24) is 0 Å². The second-order valence-electron chi connectivity index (χ2n) is 3.11. The first-order valence-electron chi connectivity index (χ1n) is 4.11. The van der Waals surface area contributed by atoms with E-state index in [1.807, 2.05) is 5.38 Å². The Hall–Kier alpha value is -0.870. The standard InChI is InChI=1S/C9H10ClNO2S/c1-6(2)8(11(12)13)5-9-7(10)3-4-14-9/h3-6H,1-2H3/b8-5-. The molecule has 0 bridgehead atoms. The molecule has 14 heavy (non-hydrogen) atoms. The molecule has 0 aromatic carbocycles. The average Bonchev–Trinajstić information content (AvgIpc) is 2.46. The molecule has 0 spiro atoms. The number of nitrogens with zero attached hydrogens (tertiary/aromatic N) is 1. The molecule has 76 valence electrons. The lowest BCUT2D eigenvalue weighted by atomic mass is 10.1. The molecular formula is C9H10ClNO2S. The lowest BCUT2D eigenvalue weighted by molar-refractivity contribution is -0.431. The van der Waals surface area contributed by atoms with E-state index in [9.17, 15) is 10.1 Å². The van der Waals surface area contributed by atoms with Crippen molar-refractivity contribution in [3.63, 3.8) is 0 Å². The van der Waals surface area contributed by atoms with E-state index in [1.165, 1.54) is 17.4 Å². The van der Waals surface area contributed by atoms with E-state index in [1.54, 1.807) is 19.9 Å². The van der Waals surface area contributed by atoms with Gasteiger partial charge < -0.3 is 0 Å². The second-order valence-corrected chi connectivity index (χ2v) is 4.47. The van der Waals surface area contributed by atoms with E-state index in [-0.39, 0.29) is 16.5 Å². The van der Waals surface area contributed by atoms with Gasteiger partial charge in [-0.1, -0.05) is 25.4 Å². The Bertz CT molecular complexity index is 371. The predicted molar refractivity (Wildman–Crippen MR) is 59.1 cm³/mol. The summed E-state index contributed by atoms with van der Waals surface area (Å²) in [4.78, 5) is 11.1. The lowest BCUT2D eigenvalue weighted by Gasteiger charge is -2.00. The zero-order valence-electron chi connectivity index (χ0n) is 7.86. The smallest absolute Gasteiger partial charge is 0.250 e. The van der Waals surface area contributed by atoms with Gasteiger partial charge in [-0.2, -0.15) is 0 Å². The third-order valence-electron chi connectivity index (χ3n) is 1.73. The quantitative estimate of drug-likeness (QED) is 0.588. The normalized spacial score (nSPS) is 12.1. The highest BCUT2D eigenvalue weighted by Gasteiger charge is 2.16. The zero-order valence-corrected chi connectivity index (χ0v) is 9.43. The summed E-state index contributed by atoms with van der Waals surface area (Å²) in [7, 11) is 0. The third-order valence-corrected chi connectivity index (χ3v) is 3.03. The number of thiophene rings is 1. The van der Waals surface area contributed by atoms with Crippen molar-refractivity contribution < 1.29 is 4.92 Å². The Morgan fingerprint density at radius 1 is 1.71 bits per heavy atom. The highest BCUT2D eigenvalue weighted by Crippen LogP contribution is 2.26. The maximum Gasteiger partial charge on any atom is 0.250 e. The topological polar surface area (TPSA) is 43.1 Å². The zero-order chi connectivity index (χ0) is 10.7. The van der Waals surface area contributed by atoms with Crippen LogP contribution >= 0.6 is 22.9 Å². The van der Waals surface area contributed by atoms with Gasteiger partial charge in [0.1, 0.15) is 0 Å². The summed E-state index contributed by atoms with van der Waals surface area (Å²) in [5.74, 6) is -0.108. The van der Waals surface area contributed by atoms with Gasteiger partial charge in [0.15, 0.2) is 0 Å². The van der Waals surface area contributed by atoms with Crippen LogP contribution in [0.3, 0.4) is 0 Å². The van der Waals surface area contributed by atoms with E-state index in [0.29, 0.717) is 5.02 Å². The number of rotatable bonds is 3. The summed E-state index contributed by atoms with van der Waals surface area (Å²) in [5.41, 5.74) is 0.189. The van der Waals surface area contributed by atoms with Crippen molar-refractivity contribution >= 4 is 29.0 Å². The van der Waals surface area contributed by atoms with Gasteiger partial charge in [0.05, 0.1) is 14.8 Å². The predicted octanol–water partition coefficient (Wildman–Crippen LogP) is 3.68. The largest absolute Gasteiger partial charge is 0.259 e. The third kappa shape index (κ3) is 2.56. The Kier molecular flexibility index (Phi) is 3.66. The van der Waals surface area contributed by atoms with Gasteiger partial charge in [0.25, 0.3) is 0 Å². The van der Waals surface area contributed by atoms with Crippen molar-refractivity contribution in [1.29, 1.82) is 0 Å². The molecule has 3 nitrogen and oxygen atoms in total. The minimum Gasteiger partial charge on any atom is -0.259 e. The van der Waals surface area contributed by atoms with Crippen LogP contribution in [0.5, 0.6) is 0 Å². The Morgan fingerprint density at radius 2 is 2.36 bits per heavy atom. The van der Waals surface area contributed by atoms with Gasteiger partial charge in [-0.15, -0.1) is 11.3 Å². The molecule has 0 radical (unpaired) electrons. The SMILES string of the molecule is CC(C)/C(=C/c1sccc1Cl)[N+](=O)[O-]. The van der Waals surface area contributed by atoms with E-state index >= 15 is 0 Å². The number of allylic oxidation sites excluding steroid dienone is 1. The maximum atomic E-state index is 10.7. The Labute approximate surface area is 91.2 Å². The molecule has 0 aliphatic heterocycles. The van der Waals surface area contributed by atoms with Crippen molar-refractivity contribution in [2.75, 3.05) is 0 Å². The van der Waals surface area contributed by atoms with Crippen molar-refractivity contribution in [2.45, 2.75) is 13.8 Å². The summed E-state index contributed by atoms with van der Waals surface area (Å²) >= 11 is 7.24. The molecule has 0 aliphatic carbocycles. The fourth-order valence-corrected chi connectivity index (χ4v) is 2.02. The van der Waals surface area contributed by atoms with Crippen molar-refractivity contribution in [3.8, 4) is 0 Å². The van der Waals surface area contributed by atoms with Gasteiger partial charge in [0.2, 0.25) is 5.70 Å². The molecule has 1 heterocycles. The fourth-order valence-electron chi connectivity index (χ4n) is 0.973. The van der Waals surface area contributed by atoms with E-state index in [2.05, 4.69) is 0 Å². The van der Waals surface area contributed by atoms with E-state index in [4.69, 9.17) is 11.6 Å². The molecule has 0 aliphatic rings. The number of halogens is 1. The van der Waals surface area contributed by atoms with Gasteiger partial charge in [-0.3, -0.25) is 10.1 Å². The maximum absolute atomic E-state index is 10.7. The molecule has 0 fully saturated rings. The van der Waals surface area contributed by atoms with Crippen LogP contribution in [0.25, 0.3) is 6.08 Å². The molecular weight excluding hydrogens is 222 g/mol. The molecule has 0 saturated carbocycles. The van der Waals surface area contributed by atoms with Gasteiger partial charge in [0, 0.05) is 12.0 Å². The van der Waals surface area contributed by atoms with Crippen LogP contribution in [-0.4, -0.2) is 4.92 Å². The molecule has 0 unspecified atom stereocenters. The van der Waals surface area contributed by atoms with Crippen molar-refractivity contribution in [3.05, 3.63) is 37.2 Å². The average molecular weight is 232 g/mol. The molecule has 1 rings (SSSR count). The minimum atomic E-state index is -0.360. The van der Waals surface area contributed by atoms with Gasteiger partial charge in [-0.05, 0) is 11.4 Å². The van der Waals surface area contributed by atoms with Crippen LogP contribution in [-0.2, 0) is 0 Å². The molecule has 1 aromatic heterocycles. The van der Waals surface area contributed by atoms with Crippen LogP contribution in [0, 0.1) is 16.0 Å². The number of nitro groups is 1. The first kappa shape index (κ1) is 11.2. The molecule has 0 amide bonds. The first-order valence-corrected chi connectivity index (χ1v) is 5.37. The highest BCUT2D eigenvalue weighted by molar-refractivity contribution is 7.11. The van der Waals surface area contributed by atoms with Crippen molar-refractivity contribution in [2.24, 2.45) is 5.92 Å².